The average molecular weight is 413 g/mol. The first-order valence-electron chi connectivity index (χ1n) is 7.99. The second-order valence-electron chi connectivity index (χ2n) is 5.75. The quantitative estimate of drug-likeness (QED) is 0.443. The number of benzene rings is 3. The molecule has 3 rings (SSSR count). The third-order valence-electron chi connectivity index (χ3n) is 3.90. The molecule has 0 atom stereocenters. The van der Waals surface area contributed by atoms with Gasteiger partial charge >= 0.3 is 5.92 Å². The number of alkyl halides is 2. The molecule has 1 nitrogen and oxygen atoms in total. The van der Waals surface area contributed by atoms with Crippen LogP contribution in [0.1, 0.15) is 21.5 Å². The highest BCUT2D eigenvalue weighted by Gasteiger charge is 2.37. The standard InChI is InChI=1S/C22H15BrF2O/c23-19-13-11-17(12-14-19)20(16-7-3-1-4-8-16)15-22(24,25)21(26)18-9-5-2-6-10-18/h1-15H/b20-15+. The van der Waals surface area contributed by atoms with E-state index in [-0.39, 0.29) is 5.56 Å². The molecule has 0 fully saturated rings. The maximum absolute atomic E-state index is 14.8. The van der Waals surface area contributed by atoms with Crippen LogP contribution in [0, 0.1) is 0 Å². The van der Waals surface area contributed by atoms with Crippen LogP contribution in [0.25, 0.3) is 5.57 Å². The summed E-state index contributed by atoms with van der Waals surface area (Å²) in [6.45, 7) is 0. The van der Waals surface area contributed by atoms with E-state index in [0.29, 0.717) is 16.7 Å². The summed E-state index contributed by atoms with van der Waals surface area (Å²) in [7, 11) is 0. The Kier molecular flexibility index (Phi) is 5.43. The van der Waals surface area contributed by atoms with Crippen molar-refractivity contribution in [1.82, 2.24) is 0 Å². The van der Waals surface area contributed by atoms with Crippen molar-refractivity contribution in [2.45, 2.75) is 5.92 Å². The Morgan fingerprint density at radius 1 is 0.731 bits per heavy atom. The van der Waals surface area contributed by atoms with E-state index >= 15 is 0 Å². The Labute approximate surface area is 159 Å². The highest BCUT2D eigenvalue weighted by Crippen LogP contribution is 2.31. The zero-order chi connectivity index (χ0) is 18.6. The predicted octanol–water partition coefficient (Wildman–Crippen LogP) is 6.40. The number of rotatable bonds is 5. The Bertz CT molecular complexity index is 917. The van der Waals surface area contributed by atoms with E-state index in [0.717, 1.165) is 10.5 Å². The summed E-state index contributed by atoms with van der Waals surface area (Å²) in [6.07, 6.45) is 0.751. The molecule has 4 heteroatoms. The van der Waals surface area contributed by atoms with E-state index in [4.69, 9.17) is 0 Å². The lowest BCUT2D eigenvalue weighted by atomic mass is 9.94. The summed E-state index contributed by atoms with van der Waals surface area (Å²) in [6, 6.07) is 23.5. The molecule has 0 saturated heterocycles. The van der Waals surface area contributed by atoms with Crippen LogP contribution in [0.5, 0.6) is 0 Å². The van der Waals surface area contributed by atoms with Gasteiger partial charge in [-0.3, -0.25) is 4.79 Å². The smallest absolute Gasteiger partial charge is 0.287 e. The molecule has 130 valence electrons. The van der Waals surface area contributed by atoms with Crippen LogP contribution in [0.15, 0.2) is 95.5 Å². The molecule has 0 aliphatic heterocycles. The first-order valence-corrected chi connectivity index (χ1v) is 8.78. The third kappa shape index (κ3) is 4.14. The molecular weight excluding hydrogens is 398 g/mol. The van der Waals surface area contributed by atoms with Crippen LogP contribution in [-0.4, -0.2) is 11.7 Å². The molecule has 3 aromatic rings. The second-order valence-corrected chi connectivity index (χ2v) is 6.66. The van der Waals surface area contributed by atoms with Gasteiger partial charge in [-0.05, 0) is 28.8 Å². The summed E-state index contributed by atoms with van der Waals surface area (Å²) in [5.41, 5.74) is 1.53. The fourth-order valence-electron chi connectivity index (χ4n) is 2.61. The SMILES string of the molecule is O=C(c1ccccc1)C(F)(F)/C=C(\c1ccccc1)c1ccc(Br)cc1. The van der Waals surface area contributed by atoms with Crippen molar-refractivity contribution in [3.63, 3.8) is 0 Å². The molecular formula is C22H15BrF2O. The zero-order valence-corrected chi connectivity index (χ0v) is 15.3. The minimum atomic E-state index is -3.63. The number of allylic oxidation sites excluding steroid dienone is 1. The molecule has 0 bridgehead atoms. The van der Waals surface area contributed by atoms with Crippen molar-refractivity contribution in [2.24, 2.45) is 0 Å². The van der Waals surface area contributed by atoms with E-state index in [1.54, 1.807) is 66.7 Å². The van der Waals surface area contributed by atoms with Gasteiger partial charge in [0.2, 0.25) is 5.78 Å². The van der Waals surface area contributed by atoms with Crippen molar-refractivity contribution in [1.29, 1.82) is 0 Å². The van der Waals surface area contributed by atoms with Gasteiger partial charge in [0.1, 0.15) is 0 Å². The number of carbonyl (C=O) groups excluding carboxylic acids is 1. The number of Topliss-reactive ketones (excluding diaryl/α,β-unsaturated/α-hetero) is 1. The van der Waals surface area contributed by atoms with Crippen LogP contribution >= 0.6 is 15.9 Å². The molecule has 0 aromatic heterocycles. The summed E-state index contributed by atoms with van der Waals surface area (Å²) in [5, 5.41) is 0. The van der Waals surface area contributed by atoms with Crippen molar-refractivity contribution in [2.75, 3.05) is 0 Å². The Hall–Kier alpha value is -2.59. The van der Waals surface area contributed by atoms with Crippen LogP contribution in [0.3, 0.4) is 0 Å². The van der Waals surface area contributed by atoms with Crippen molar-refractivity contribution < 1.29 is 13.6 Å². The van der Waals surface area contributed by atoms with Crippen molar-refractivity contribution in [3.05, 3.63) is 112 Å². The van der Waals surface area contributed by atoms with Gasteiger partial charge in [-0.1, -0.05) is 88.7 Å². The second kappa shape index (κ2) is 7.75. The molecule has 0 saturated carbocycles. The Balaban J connectivity index is 2.08. The molecule has 0 amide bonds. The number of carbonyl (C=O) groups is 1. The molecule has 3 aromatic carbocycles. The topological polar surface area (TPSA) is 17.1 Å². The number of ketones is 1. The molecule has 0 heterocycles. The highest BCUT2D eigenvalue weighted by atomic mass is 79.9. The predicted molar refractivity (Wildman–Crippen MR) is 103 cm³/mol. The Morgan fingerprint density at radius 3 is 1.73 bits per heavy atom. The number of hydrogen-bond acceptors (Lipinski definition) is 1. The van der Waals surface area contributed by atoms with Crippen LogP contribution in [0.4, 0.5) is 8.78 Å². The van der Waals surface area contributed by atoms with Crippen molar-refractivity contribution >= 4 is 27.3 Å². The van der Waals surface area contributed by atoms with Crippen molar-refractivity contribution in [3.8, 4) is 0 Å². The maximum atomic E-state index is 14.8. The van der Waals surface area contributed by atoms with Crippen LogP contribution in [-0.2, 0) is 0 Å². The molecule has 0 aliphatic carbocycles. The average Bonchev–Trinajstić information content (AvgIpc) is 2.68. The van der Waals surface area contributed by atoms with Crippen LogP contribution < -0.4 is 0 Å². The molecule has 0 radical (unpaired) electrons. The van der Waals surface area contributed by atoms with Gasteiger partial charge in [-0.15, -0.1) is 0 Å². The summed E-state index contributed by atoms with van der Waals surface area (Å²) < 4.78 is 30.4. The fourth-order valence-corrected chi connectivity index (χ4v) is 2.87. The van der Waals surface area contributed by atoms with Gasteiger partial charge < -0.3 is 0 Å². The largest absolute Gasteiger partial charge is 0.329 e. The summed E-state index contributed by atoms with van der Waals surface area (Å²) in [5.74, 6) is -4.84. The summed E-state index contributed by atoms with van der Waals surface area (Å²) >= 11 is 3.34. The van der Waals surface area contributed by atoms with E-state index in [9.17, 15) is 13.6 Å². The van der Waals surface area contributed by atoms with Crippen LogP contribution in [0.2, 0.25) is 0 Å². The lowest BCUT2D eigenvalue weighted by molar-refractivity contribution is 0.0384. The first-order chi connectivity index (χ1) is 12.5. The minimum absolute atomic E-state index is 0.0167. The maximum Gasteiger partial charge on any atom is 0.329 e. The molecule has 0 N–H and O–H groups in total. The normalized spacial score (nSPS) is 12.0. The molecule has 0 aliphatic rings. The minimum Gasteiger partial charge on any atom is -0.287 e. The monoisotopic (exact) mass is 412 g/mol. The van der Waals surface area contributed by atoms with E-state index in [1.807, 2.05) is 6.07 Å². The van der Waals surface area contributed by atoms with E-state index in [1.165, 1.54) is 12.1 Å². The van der Waals surface area contributed by atoms with Gasteiger partial charge in [-0.2, -0.15) is 8.78 Å². The first kappa shape index (κ1) is 18.2. The molecule has 0 spiro atoms. The van der Waals surface area contributed by atoms with Gasteiger partial charge in [-0.25, -0.2) is 0 Å². The highest BCUT2D eigenvalue weighted by molar-refractivity contribution is 9.10. The lowest BCUT2D eigenvalue weighted by Crippen LogP contribution is -2.26. The third-order valence-corrected chi connectivity index (χ3v) is 4.43. The van der Waals surface area contributed by atoms with E-state index in [2.05, 4.69) is 15.9 Å². The van der Waals surface area contributed by atoms with Gasteiger partial charge in [0, 0.05) is 16.1 Å². The lowest BCUT2D eigenvalue weighted by Gasteiger charge is -2.15. The van der Waals surface area contributed by atoms with E-state index < -0.39 is 11.7 Å². The Morgan fingerprint density at radius 2 is 1.19 bits per heavy atom. The number of halogens is 3. The summed E-state index contributed by atoms with van der Waals surface area (Å²) in [4.78, 5) is 12.3. The molecule has 26 heavy (non-hydrogen) atoms. The fraction of sp³-hybridized carbons (Fsp3) is 0.0455. The van der Waals surface area contributed by atoms with Gasteiger partial charge in [0.15, 0.2) is 0 Å². The van der Waals surface area contributed by atoms with Gasteiger partial charge in [0.05, 0.1) is 0 Å². The zero-order valence-electron chi connectivity index (χ0n) is 13.7. The number of hydrogen-bond donors (Lipinski definition) is 0. The van der Waals surface area contributed by atoms with Gasteiger partial charge in [0.25, 0.3) is 0 Å². The molecule has 0 unspecified atom stereocenters.